The highest BCUT2D eigenvalue weighted by molar-refractivity contribution is 6.17. The van der Waals surface area contributed by atoms with E-state index in [1.54, 1.807) is 41.3 Å². The van der Waals surface area contributed by atoms with Gasteiger partial charge in [-0.05, 0) is 54.7 Å². The number of anilines is 1. The SMILES string of the molecule is CCCCNC(=O)Cc1ccc(N2C(=O)C3CCCCC3N(Cc3cccc(F)c3)C2=O)cc1. The second-order valence-corrected chi connectivity index (χ2v) is 9.22. The smallest absolute Gasteiger partial charge is 0.331 e. The second kappa shape index (κ2) is 10.8. The average molecular weight is 466 g/mol. The third kappa shape index (κ3) is 5.29. The lowest BCUT2D eigenvalue weighted by molar-refractivity contribution is -0.127. The van der Waals surface area contributed by atoms with E-state index in [-0.39, 0.29) is 48.6 Å². The topological polar surface area (TPSA) is 69.7 Å². The van der Waals surface area contributed by atoms with E-state index < -0.39 is 0 Å². The van der Waals surface area contributed by atoms with E-state index in [4.69, 9.17) is 0 Å². The number of hydrogen-bond acceptors (Lipinski definition) is 3. The highest BCUT2D eigenvalue weighted by Gasteiger charge is 2.47. The van der Waals surface area contributed by atoms with Gasteiger partial charge < -0.3 is 10.2 Å². The maximum absolute atomic E-state index is 13.8. The van der Waals surface area contributed by atoms with Crippen LogP contribution in [0.3, 0.4) is 0 Å². The fraction of sp³-hybridized carbons (Fsp3) is 0.444. The van der Waals surface area contributed by atoms with Gasteiger partial charge in [0, 0.05) is 19.1 Å². The van der Waals surface area contributed by atoms with Crippen molar-refractivity contribution in [2.24, 2.45) is 5.92 Å². The number of imide groups is 1. The summed E-state index contributed by atoms with van der Waals surface area (Å²) in [7, 11) is 0. The predicted octanol–water partition coefficient (Wildman–Crippen LogP) is 4.81. The molecule has 4 rings (SSSR count). The number of carbonyl (C=O) groups is 3. The molecule has 2 unspecified atom stereocenters. The number of urea groups is 1. The van der Waals surface area contributed by atoms with Crippen LogP contribution in [-0.4, -0.2) is 35.3 Å². The number of fused-ring (bicyclic) bond motifs is 1. The van der Waals surface area contributed by atoms with Crippen LogP contribution in [0.25, 0.3) is 0 Å². The fourth-order valence-corrected chi connectivity index (χ4v) is 4.97. The molecule has 180 valence electrons. The van der Waals surface area contributed by atoms with Gasteiger partial charge in [-0.15, -0.1) is 0 Å². The van der Waals surface area contributed by atoms with Crippen LogP contribution in [0.2, 0.25) is 0 Å². The summed E-state index contributed by atoms with van der Waals surface area (Å²) in [5.41, 5.74) is 2.02. The lowest BCUT2D eigenvalue weighted by Crippen LogP contribution is -2.62. The van der Waals surface area contributed by atoms with Crippen molar-refractivity contribution in [3.8, 4) is 0 Å². The van der Waals surface area contributed by atoms with Crippen molar-refractivity contribution >= 4 is 23.5 Å². The van der Waals surface area contributed by atoms with Gasteiger partial charge in [0.15, 0.2) is 0 Å². The van der Waals surface area contributed by atoms with Crippen LogP contribution in [0.5, 0.6) is 0 Å². The molecule has 2 aromatic rings. The Kier molecular flexibility index (Phi) is 7.60. The molecule has 4 amide bonds. The van der Waals surface area contributed by atoms with Crippen LogP contribution in [0.15, 0.2) is 48.5 Å². The minimum atomic E-state index is -0.373. The highest BCUT2D eigenvalue weighted by Crippen LogP contribution is 2.37. The van der Waals surface area contributed by atoms with Crippen LogP contribution < -0.4 is 10.2 Å². The van der Waals surface area contributed by atoms with Crippen molar-refractivity contribution in [1.82, 2.24) is 10.2 Å². The molecule has 1 aliphatic heterocycles. The maximum Gasteiger partial charge on any atom is 0.331 e. The first kappa shape index (κ1) is 23.9. The van der Waals surface area contributed by atoms with Gasteiger partial charge >= 0.3 is 6.03 Å². The Balaban J connectivity index is 1.54. The molecular formula is C27H32FN3O3. The molecule has 6 nitrogen and oxygen atoms in total. The summed E-state index contributed by atoms with van der Waals surface area (Å²) in [5.74, 6) is -0.818. The zero-order chi connectivity index (χ0) is 24.1. The van der Waals surface area contributed by atoms with Crippen LogP contribution in [0.4, 0.5) is 14.9 Å². The monoisotopic (exact) mass is 465 g/mol. The van der Waals surface area contributed by atoms with Gasteiger partial charge in [-0.25, -0.2) is 14.1 Å². The lowest BCUT2D eigenvalue weighted by atomic mass is 9.81. The predicted molar refractivity (Wildman–Crippen MR) is 129 cm³/mol. The largest absolute Gasteiger partial charge is 0.356 e. The molecule has 1 N–H and O–H groups in total. The van der Waals surface area contributed by atoms with Crippen molar-refractivity contribution in [2.75, 3.05) is 11.4 Å². The van der Waals surface area contributed by atoms with Crippen molar-refractivity contribution in [3.63, 3.8) is 0 Å². The Hall–Kier alpha value is -3.22. The minimum absolute atomic E-state index is 0.0439. The Morgan fingerprint density at radius 3 is 2.56 bits per heavy atom. The number of amides is 4. The van der Waals surface area contributed by atoms with Crippen LogP contribution in [0, 0.1) is 11.7 Å². The molecule has 1 saturated carbocycles. The number of hydrogen-bond donors (Lipinski definition) is 1. The molecule has 1 heterocycles. The van der Waals surface area contributed by atoms with Crippen molar-refractivity contribution in [3.05, 3.63) is 65.5 Å². The second-order valence-electron chi connectivity index (χ2n) is 9.22. The van der Waals surface area contributed by atoms with Gasteiger partial charge in [0.2, 0.25) is 11.8 Å². The number of unbranched alkanes of at least 4 members (excludes halogenated alkanes) is 1. The molecule has 1 saturated heterocycles. The van der Waals surface area contributed by atoms with E-state index in [2.05, 4.69) is 12.2 Å². The molecule has 7 heteroatoms. The van der Waals surface area contributed by atoms with Gasteiger partial charge in [-0.1, -0.05) is 50.5 Å². The van der Waals surface area contributed by atoms with E-state index >= 15 is 0 Å². The number of nitrogens with zero attached hydrogens (tertiary/aromatic N) is 2. The Labute approximate surface area is 200 Å². The van der Waals surface area contributed by atoms with E-state index in [1.165, 1.54) is 17.0 Å². The molecule has 2 aliphatic rings. The number of rotatable bonds is 8. The van der Waals surface area contributed by atoms with Gasteiger partial charge in [-0.2, -0.15) is 0 Å². The first-order valence-electron chi connectivity index (χ1n) is 12.2. The first-order chi connectivity index (χ1) is 16.5. The van der Waals surface area contributed by atoms with Gasteiger partial charge in [0.25, 0.3) is 0 Å². The third-order valence-corrected chi connectivity index (χ3v) is 6.76. The Morgan fingerprint density at radius 1 is 1.06 bits per heavy atom. The van der Waals surface area contributed by atoms with Gasteiger partial charge in [0.1, 0.15) is 5.82 Å². The molecule has 0 bridgehead atoms. The van der Waals surface area contributed by atoms with E-state index in [9.17, 15) is 18.8 Å². The summed E-state index contributed by atoms with van der Waals surface area (Å²) in [6.45, 7) is 2.99. The first-order valence-corrected chi connectivity index (χ1v) is 12.2. The molecule has 2 atom stereocenters. The van der Waals surface area contributed by atoms with Crippen LogP contribution in [0.1, 0.15) is 56.6 Å². The number of benzene rings is 2. The summed E-state index contributed by atoms with van der Waals surface area (Å²) in [5, 5.41) is 2.90. The molecule has 0 spiro atoms. The molecule has 2 fully saturated rings. The summed E-state index contributed by atoms with van der Waals surface area (Å²) >= 11 is 0. The lowest BCUT2D eigenvalue weighted by Gasteiger charge is -2.46. The Bertz CT molecular complexity index is 1040. The minimum Gasteiger partial charge on any atom is -0.356 e. The standard InChI is InChI=1S/C27H32FN3O3/c1-2-3-15-29-25(32)17-19-11-13-22(14-12-19)31-26(33)23-9-4-5-10-24(23)30(27(31)34)18-20-7-6-8-21(28)16-20/h6-8,11-14,16,23-24H,2-5,9-10,15,17-18H2,1H3,(H,29,32). The Morgan fingerprint density at radius 2 is 1.82 bits per heavy atom. The zero-order valence-corrected chi connectivity index (χ0v) is 19.6. The highest BCUT2D eigenvalue weighted by atomic mass is 19.1. The molecule has 2 aromatic carbocycles. The third-order valence-electron chi connectivity index (χ3n) is 6.76. The van der Waals surface area contributed by atoms with Gasteiger partial charge in [0.05, 0.1) is 18.0 Å². The normalized spacial score (nSPS) is 20.3. The molecule has 0 radical (unpaired) electrons. The van der Waals surface area contributed by atoms with Gasteiger partial charge in [-0.3, -0.25) is 9.59 Å². The quantitative estimate of drug-likeness (QED) is 0.569. The van der Waals surface area contributed by atoms with E-state index in [0.717, 1.165) is 44.1 Å². The summed E-state index contributed by atoms with van der Waals surface area (Å²) in [6.07, 6.45) is 5.65. The molecule has 1 aliphatic carbocycles. The van der Waals surface area contributed by atoms with E-state index in [0.29, 0.717) is 17.8 Å². The van der Waals surface area contributed by atoms with Crippen molar-refractivity contribution in [2.45, 2.75) is 64.5 Å². The van der Waals surface area contributed by atoms with E-state index in [1.807, 2.05) is 0 Å². The summed E-state index contributed by atoms with van der Waals surface area (Å²) in [4.78, 5) is 42.1. The number of halogens is 1. The molecule has 34 heavy (non-hydrogen) atoms. The maximum atomic E-state index is 13.8. The summed E-state index contributed by atoms with van der Waals surface area (Å²) < 4.78 is 13.8. The fourth-order valence-electron chi connectivity index (χ4n) is 4.97. The number of carbonyl (C=O) groups excluding carboxylic acids is 3. The van der Waals surface area contributed by atoms with Crippen LogP contribution in [-0.2, 0) is 22.6 Å². The van der Waals surface area contributed by atoms with Crippen molar-refractivity contribution < 1.29 is 18.8 Å². The summed E-state index contributed by atoms with van der Waals surface area (Å²) in [6, 6.07) is 12.8. The van der Waals surface area contributed by atoms with Crippen LogP contribution >= 0.6 is 0 Å². The molecular weight excluding hydrogens is 433 g/mol. The van der Waals surface area contributed by atoms with Crippen molar-refractivity contribution in [1.29, 1.82) is 0 Å². The number of nitrogens with one attached hydrogen (secondary N) is 1. The average Bonchev–Trinajstić information content (AvgIpc) is 2.83. The zero-order valence-electron chi connectivity index (χ0n) is 19.6. The molecule has 0 aromatic heterocycles.